The van der Waals surface area contributed by atoms with Crippen LogP contribution in [0.25, 0.3) is 11.1 Å². The molecule has 17 heteroatoms. The van der Waals surface area contributed by atoms with E-state index in [1.165, 1.54) is 6.33 Å². The van der Waals surface area contributed by atoms with Crippen LogP contribution < -0.4 is 14.8 Å². The number of morpholine rings is 1. The molecular formula is C34H43F2N11O4. The Kier molecular flexibility index (Phi) is 12.0. The normalized spacial score (nSPS) is 21.7. The van der Waals surface area contributed by atoms with Gasteiger partial charge in [0.15, 0.2) is 0 Å². The fraction of sp³-hybridized carbons (Fsp3) is 0.559. The summed E-state index contributed by atoms with van der Waals surface area (Å²) in [6, 6.07) is 8.14. The molecule has 1 saturated carbocycles. The first-order valence-electron chi connectivity index (χ1n) is 17.2. The summed E-state index contributed by atoms with van der Waals surface area (Å²) >= 11 is 0. The Labute approximate surface area is 294 Å². The summed E-state index contributed by atoms with van der Waals surface area (Å²) in [7, 11) is 0. The Balaban J connectivity index is 1.13. The molecule has 2 fully saturated rings. The number of hydrogen-bond donors (Lipinski definition) is 1. The van der Waals surface area contributed by atoms with Gasteiger partial charge in [0.05, 0.1) is 43.2 Å². The van der Waals surface area contributed by atoms with E-state index in [9.17, 15) is 14.0 Å². The maximum atomic E-state index is 12.5. The number of hydrogen-bond acceptors (Lipinski definition) is 13. The van der Waals surface area contributed by atoms with Crippen LogP contribution in [0.3, 0.4) is 0 Å². The van der Waals surface area contributed by atoms with Crippen LogP contribution in [-0.4, -0.2) is 109 Å². The van der Waals surface area contributed by atoms with Gasteiger partial charge in [-0.05, 0) is 74.6 Å². The van der Waals surface area contributed by atoms with Gasteiger partial charge in [0, 0.05) is 37.1 Å². The van der Waals surface area contributed by atoms with Crippen molar-refractivity contribution < 1.29 is 27.7 Å². The number of benzene rings is 1. The Bertz CT molecular complexity index is 1720. The summed E-state index contributed by atoms with van der Waals surface area (Å²) in [6.07, 6.45) is 8.35. The minimum Gasteiger partial charge on any atom is -0.487 e. The zero-order valence-corrected chi connectivity index (χ0v) is 28.9. The van der Waals surface area contributed by atoms with E-state index < -0.39 is 13.0 Å². The molecule has 1 unspecified atom stereocenters. The van der Waals surface area contributed by atoms with E-state index in [1.54, 1.807) is 29.2 Å². The van der Waals surface area contributed by atoms with Gasteiger partial charge in [-0.1, -0.05) is 6.07 Å². The molecule has 0 spiro atoms. The first kappa shape index (κ1) is 36.0. The Morgan fingerprint density at radius 2 is 1.78 bits per heavy atom. The lowest BCUT2D eigenvalue weighted by Gasteiger charge is -2.42. The van der Waals surface area contributed by atoms with Crippen molar-refractivity contribution in [1.82, 2.24) is 44.9 Å². The molecule has 1 aliphatic carbocycles. The van der Waals surface area contributed by atoms with Crippen molar-refractivity contribution in [3.63, 3.8) is 0 Å². The van der Waals surface area contributed by atoms with E-state index in [2.05, 4.69) is 55.6 Å². The van der Waals surface area contributed by atoms with Crippen molar-refractivity contribution in [3.05, 3.63) is 48.7 Å². The maximum absolute atomic E-state index is 12.5. The monoisotopic (exact) mass is 707 g/mol. The standard InChI is InChI=1S/C34H43F2N11O4/c1-22-16-45(17-23(2)50-22)28-6-8-29(9-7-28)47-19-30(33(42-47)49-11-10-48-20-32(35)36)41-34-38-14-27(15-39-34)25-4-5-26(13-37)31(12-25)51-24(3)18-46-21-40-43-44-46/h4-5,12,14-15,19,21-24,28-29,32H,6-11,16-18,20H2,1-3H3,(H,38,39,41)/t22-,23+,24?,28?,29?. The molecule has 4 heterocycles. The quantitative estimate of drug-likeness (QED) is 0.170. The summed E-state index contributed by atoms with van der Waals surface area (Å²) < 4.78 is 51.5. The fourth-order valence-electron chi connectivity index (χ4n) is 6.66. The number of tetrazole rings is 1. The number of aromatic nitrogens is 8. The molecule has 272 valence electrons. The molecule has 51 heavy (non-hydrogen) atoms. The minimum absolute atomic E-state index is 0.00390. The molecule has 1 aliphatic heterocycles. The zero-order valence-electron chi connectivity index (χ0n) is 28.9. The second-order valence-electron chi connectivity index (χ2n) is 13.0. The molecule has 4 aromatic rings. The topological polar surface area (TPSA) is 163 Å². The first-order valence-corrected chi connectivity index (χ1v) is 17.2. The molecule has 1 aromatic carbocycles. The Morgan fingerprint density at radius 1 is 1.04 bits per heavy atom. The summed E-state index contributed by atoms with van der Waals surface area (Å²) in [6.45, 7) is 7.82. The van der Waals surface area contributed by atoms with Crippen LogP contribution in [0.5, 0.6) is 11.6 Å². The highest BCUT2D eigenvalue weighted by Gasteiger charge is 2.32. The second kappa shape index (κ2) is 16.9. The number of alkyl halides is 2. The summed E-state index contributed by atoms with van der Waals surface area (Å²) in [5.74, 6) is 1.05. The van der Waals surface area contributed by atoms with Crippen LogP contribution in [0, 0.1) is 11.3 Å². The first-order chi connectivity index (χ1) is 24.7. The minimum atomic E-state index is -2.55. The van der Waals surface area contributed by atoms with Crippen molar-refractivity contribution in [3.8, 4) is 28.8 Å². The number of rotatable bonds is 15. The van der Waals surface area contributed by atoms with E-state index in [-0.39, 0.29) is 37.6 Å². The van der Waals surface area contributed by atoms with E-state index in [0.29, 0.717) is 47.0 Å². The second-order valence-corrected chi connectivity index (χ2v) is 13.0. The van der Waals surface area contributed by atoms with Gasteiger partial charge in [-0.15, -0.1) is 10.2 Å². The highest BCUT2D eigenvalue weighted by Crippen LogP contribution is 2.35. The largest absolute Gasteiger partial charge is 0.487 e. The van der Waals surface area contributed by atoms with Gasteiger partial charge >= 0.3 is 0 Å². The molecule has 2 aliphatic rings. The van der Waals surface area contributed by atoms with E-state index in [1.807, 2.05) is 23.9 Å². The van der Waals surface area contributed by atoms with E-state index in [4.69, 9.17) is 24.0 Å². The number of ether oxygens (including phenoxy) is 4. The zero-order chi connectivity index (χ0) is 35.7. The third kappa shape index (κ3) is 9.72. The van der Waals surface area contributed by atoms with Crippen LogP contribution in [0.1, 0.15) is 58.1 Å². The van der Waals surface area contributed by atoms with Crippen LogP contribution in [-0.2, 0) is 16.0 Å². The van der Waals surface area contributed by atoms with Gasteiger partial charge in [-0.25, -0.2) is 23.4 Å². The number of halogens is 2. The SMILES string of the molecule is CC(Cn1cnnn1)Oc1cc(-c2cnc(Nc3cn(C4CCC(N5C[C@@H](C)O[C@@H](C)C5)CC4)nc3OCCOCC(F)F)nc2)ccc1C#N. The number of anilines is 2. The lowest BCUT2D eigenvalue weighted by Crippen LogP contribution is -2.51. The van der Waals surface area contributed by atoms with Gasteiger partial charge in [-0.2, -0.15) is 5.26 Å². The number of nitriles is 1. The van der Waals surface area contributed by atoms with Crippen LogP contribution in [0.15, 0.2) is 43.1 Å². The molecule has 3 aromatic heterocycles. The van der Waals surface area contributed by atoms with Crippen molar-refractivity contribution in [2.45, 2.75) is 89.8 Å². The highest BCUT2D eigenvalue weighted by atomic mass is 19.3. The van der Waals surface area contributed by atoms with Gasteiger partial charge in [0.2, 0.25) is 5.95 Å². The molecule has 0 bridgehead atoms. The number of nitrogens with one attached hydrogen (secondary N) is 1. The van der Waals surface area contributed by atoms with Crippen molar-refractivity contribution in [2.24, 2.45) is 0 Å². The molecule has 15 nitrogen and oxygen atoms in total. The molecule has 1 N–H and O–H groups in total. The third-order valence-electron chi connectivity index (χ3n) is 8.91. The van der Waals surface area contributed by atoms with Gasteiger partial charge in [-0.3, -0.25) is 9.58 Å². The lowest BCUT2D eigenvalue weighted by molar-refractivity contribution is -0.0852. The van der Waals surface area contributed by atoms with Crippen LogP contribution in [0.4, 0.5) is 20.4 Å². The molecule has 1 saturated heterocycles. The molecule has 0 radical (unpaired) electrons. The van der Waals surface area contributed by atoms with Gasteiger partial charge < -0.3 is 24.3 Å². The Hall–Kier alpha value is -4.79. The predicted molar refractivity (Wildman–Crippen MR) is 181 cm³/mol. The molecular weight excluding hydrogens is 664 g/mol. The maximum Gasteiger partial charge on any atom is 0.261 e. The van der Waals surface area contributed by atoms with E-state index >= 15 is 0 Å². The third-order valence-corrected chi connectivity index (χ3v) is 8.91. The van der Waals surface area contributed by atoms with E-state index in [0.717, 1.165) is 44.3 Å². The summed E-state index contributed by atoms with van der Waals surface area (Å²) in [4.78, 5) is 11.6. The van der Waals surface area contributed by atoms with Crippen molar-refractivity contribution in [2.75, 3.05) is 38.2 Å². The average molecular weight is 708 g/mol. The number of nitrogens with zero attached hydrogens (tertiary/aromatic N) is 10. The predicted octanol–water partition coefficient (Wildman–Crippen LogP) is 4.66. The Morgan fingerprint density at radius 3 is 2.47 bits per heavy atom. The molecule has 3 atom stereocenters. The summed E-state index contributed by atoms with van der Waals surface area (Å²) in [5.41, 5.74) is 2.43. The van der Waals surface area contributed by atoms with Crippen molar-refractivity contribution >= 4 is 11.6 Å². The fourth-order valence-corrected chi connectivity index (χ4v) is 6.66. The molecule has 0 amide bonds. The smallest absolute Gasteiger partial charge is 0.261 e. The highest BCUT2D eigenvalue weighted by molar-refractivity contribution is 5.67. The van der Waals surface area contributed by atoms with Gasteiger partial charge in [0.25, 0.3) is 12.3 Å². The van der Waals surface area contributed by atoms with Gasteiger partial charge in [0.1, 0.15) is 43.2 Å². The molecule has 6 rings (SSSR count). The average Bonchev–Trinajstić information content (AvgIpc) is 3.78. The van der Waals surface area contributed by atoms with Crippen molar-refractivity contribution in [1.29, 1.82) is 5.26 Å². The summed E-state index contributed by atoms with van der Waals surface area (Å²) in [5, 5.41) is 28.8. The van der Waals surface area contributed by atoms with Crippen LogP contribution in [0.2, 0.25) is 0 Å². The van der Waals surface area contributed by atoms with Crippen LogP contribution >= 0.6 is 0 Å². The lowest BCUT2D eigenvalue weighted by atomic mass is 9.89.